The van der Waals surface area contributed by atoms with Gasteiger partial charge in [0.2, 0.25) is 0 Å². The van der Waals surface area contributed by atoms with Crippen LogP contribution >= 0.6 is 15.9 Å². The SMILES string of the molecule is CC(CNc1cnn(C)c(=O)c1Br)CN1CCCCC1. The van der Waals surface area contributed by atoms with Crippen LogP contribution in [0.4, 0.5) is 5.69 Å². The minimum absolute atomic E-state index is 0.112. The molecule has 2 rings (SSSR count). The first-order chi connectivity index (χ1) is 9.58. The van der Waals surface area contributed by atoms with Crippen molar-refractivity contribution in [3.63, 3.8) is 0 Å². The zero-order valence-electron chi connectivity index (χ0n) is 12.2. The Bertz CT molecular complexity index is 496. The van der Waals surface area contributed by atoms with E-state index in [1.807, 2.05) is 0 Å². The van der Waals surface area contributed by atoms with E-state index in [0.29, 0.717) is 10.4 Å². The van der Waals surface area contributed by atoms with Crippen LogP contribution in [-0.2, 0) is 7.05 Å². The lowest BCUT2D eigenvalue weighted by atomic mass is 10.1. The Morgan fingerprint density at radius 2 is 2.10 bits per heavy atom. The summed E-state index contributed by atoms with van der Waals surface area (Å²) in [5, 5.41) is 7.36. The van der Waals surface area contributed by atoms with Crippen molar-refractivity contribution in [2.24, 2.45) is 13.0 Å². The van der Waals surface area contributed by atoms with Crippen LogP contribution in [0, 0.1) is 5.92 Å². The van der Waals surface area contributed by atoms with Crippen molar-refractivity contribution in [3.05, 3.63) is 21.0 Å². The summed E-state index contributed by atoms with van der Waals surface area (Å²) in [6.07, 6.45) is 5.71. The number of nitrogens with zero attached hydrogens (tertiary/aromatic N) is 3. The van der Waals surface area contributed by atoms with Gasteiger partial charge in [0.05, 0.1) is 11.9 Å². The molecule has 6 heteroatoms. The van der Waals surface area contributed by atoms with E-state index in [1.165, 1.54) is 37.0 Å². The van der Waals surface area contributed by atoms with Crippen LogP contribution in [0.15, 0.2) is 15.5 Å². The largest absolute Gasteiger partial charge is 0.382 e. The van der Waals surface area contributed by atoms with Gasteiger partial charge in [-0.05, 0) is 47.8 Å². The summed E-state index contributed by atoms with van der Waals surface area (Å²) in [4.78, 5) is 14.3. The molecule has 112 valence electrons. The molecule has 1 fully saturated rings. The summed E-state index contributed by atoms with van der Waals surface area (Å²) in [7, 11) is 1.65. The van der Waals surface area contributed by atoms with Crippen molar-refractivity contribution in [2.75, 3.05) is 31.5 Å². The number of hydrogen-bond donors (Lipinski definition) is 1. The molecule has 0 radical (unpaired) electrons. The van der Waals surface area contributed by atoms with Crippen LogP contribution < -0.4 is 10.9 Å². The average molecular weight is 343 g/mol. The number of piperidine rings is 1. The molecule has 5 nitrogen and oxygen atoms in total. The van der Waals surface area contributed by atoms with Gasteiger partial charge in [0.1, 0.15) is 4.47 Å². The third-order valence-corrected chi connectivity index (χ3v) is 4.50. The molecule has 0 amide bonds. The molecule has 1 aliphatic rings. The van der Waals surface area contributed by atoms with Crippen LogP contribution in [0.3, 0.4) is 0 Å². The summed E-state index contributed by atoms with van der Waals surface area (Å²) < 4.78 is 1.88. The number of anilines is 1. The molecule has 1 aromatic heterocycles. The van der Waals surface area contributed by atoms with E-state index in [9.17, 15) is 4.79 Å². The first kappa shape index (κ1) is 15.5. The third-order valence-electron chi connectivity index (χ3n) is 3.74. The van der Waals surface area contributed by atoms with E-state index in [-0.39, 0.29) is 5.56 Å². The number of aromatic nitrogens is 2. The highest BCUT2D eigenvalue weighted by Gasteiger charge is 2.14. The maximum Gasteiger partial charge on any atom is 0.282 e. The van der Waals surface area contributed by atoms with E-state index < -0.39 is 0 Å². The molecular formula is C14H23BrN4O. The number of likely N-dealkylation sites (tertiary alicyclic amines) is 1. The quantitative estimate of drug-likeness (QED) is 0.889. The number of aryl methyl sites for hydroxylation is 1. The van der Waals surface area contributed by atoms with Crippen LogP contribution in [-0.4, -0.2) is 40.9 Å². The van der Waals surface area contributed by atoms with E-state index in [2.05, 4.69) is 38.2 Å². The van der Waals surface area contributed by atoms with E-state index in [1.54, 1.807) is 13.2 Å². The predicted molar refractivity (Wildman–Crippen MR) is 85.1 cm³/mol. The standard InChI is InChI=1S/C14H23BrN4O/c1-11(10-19-6-4-3-5-7-19)8-16-12-9-17-18(2)14(20)13(12)15/h9,11,16H,3-8,10H2,1-2H3. The van der Waals surface area contributed by atoms with E-state index in [4.69, 9.17) is 0 Å². The fourth-order valence-electron chi connectivity index (χ4n) is 2.57. The van der Waals surface area contributed by atoms with Crippen molar-refractivity contribution < 1.29 is 0 Å². The van der Waals surface area contributed by atoms with Gasteiger partial charge in [-0.2, -0.15) is 5.10 Å². The smallest absolute Gasteiger partial charge is 0.282 e. The number of nitrogens with one attached hydrogen (secondary N) is 1. The molecule has 1 aliphatic heterocycles. The molecule has 1 atom stereocenters. The number of hydrogen-bond acceptors (Lipinski definition) is 4. The van der Waals surface area contributed by atoms with Gasteiger partial charge < -0.3 is 10.2 Å². The van der Waals surface area contributed by atoms with Crippen molar-refractivity contribution in [3.8, 4) is 0 Å². The van der Waals surface area contributed by atoms with Crippen molar-refractivity contribution in [2.45, 2.75) is 26.2 Å². The van der Waals surface area contributed by atoms with Crippen molar-refractivity contribution in [1.82, 2.24) is 14.7 Å². The van der Waals surface area contributed by atoms with Crippen molar-refractivity contribution >= 4 is 21.6 Å². The molecule has 0 aromatic carbocycles. The Balaban J connectivity index is 1.85. The highest BCUT2D eigenvalue weighted by Crippen LogP contribution is 2.17. The maximum absolute atomic E-state index is 11.8. The zero-order chi connectivity index (χ0) is 14.5. The normalized spacial score (nSPS) is 17.9. The van der Waals surface area contributed by atoms with E-state index in [0.717, 1.165) is 18.8 Å². The fourth-order valence-corrected chi connectivity index (χ4v) is 3.06. The Morgan fingerprint density at radius 3 is 2.80 bits per heavy atom. The number of halogens is 1. The molecule has 0 saturated carbocycles. The van der Waals surface area contributed by atoms with Crippen LogP contribution in [0.25, 0.3) is 0 Å². The minimum atomic E-state index is -0.112. The Hall–Kier alpha value is -0.880. The minimum Gasteiger partial charge on any atom is -0.382 e. The summed E-state index contributed by atoms with van der Waals surface area (Å²) in [5.41, 5.74) is 0.664. The lowest BCUT2D eigenvalue weighted by molar-refractivity contribution is 0.204. The highest BCUT2D eigenvalue weighted by molar-refractivity contribution is 9.10. The first-order valence-corrected chi connectivity index (χ1v) is 8.05. The lowest BCUT2D eigenvalue weighted by Crippen LogP contribution is -2.35. The third kappa shape index (κ3) is 4.06. The second kappa shape index (κ2) is 7.22. The maximum atomic E-state index is 11.8. The molecule has 0 spiro atoms. The summed E-state index contributed by atoms with van der Waals surface area (Å²) in [5.74, 6) is 0.545. The molecule has 2 heterocycles. The van der Waals surface area contributed by atoms with Gasteiger partial charge in [-0.15, -0.1) is 0 Å². The Kier molecular flexibility index (Phi) is 5.60. The topological polar surface area (TPSA) is 50.2 Å². The highest BCUT2D eigenvalue weighted by atomic mass is 79.9. The molecule has 20 heavy (non-hydrogen) atoms. The summed E-state index contributed by atoms with van der Waals surface area (Å²) in [6, 6.07) is 0. The van der Waals surface area contributed by atoms with Crippen molar-refractivity contribution in [1.29, 1.82) is 0 Å². The molecular weight excluding hydrogens is 320 g/mol. The van der Waals surface area contributed by atoms with Gasteiger partial charge >= 0.3 is 0 Å². The second-order valence-electron chi connectivity index (χ2n) is 5.65. The molecule has 1 unspecified atom stereocenters. The Morgan fingerprint density at radius 1 is 1.40 bits per heavy atom. The van der Waals surface area contributed by atoms with Gasteiger partial charge in [-0.1, -0.05) is 13.3 Å². The average Bonchev–Trinajstić information content (AvgIpc) is 2.45. The second-order valence-corrected chi connectivity index (χ2v) is 6.44. The first-order valence-electron chi connectivity index (χ1n) is 7.26. The van der Waals surface area contributed by atoms with Gasteiger partial charge in [0, 0.05) is 20.1 Å². The van der Waals surface area contributed by atoms with E-state index >= 15 is 0 Å². The van der Waals surface area contributed by atoms with Gasteiger partial charge in [0.15, 0.2) is 0 Å². The molecule has 0 aliphatic carbocycles. The summed E-state index contributed by atoms with van der Waals surface area (Å²) in [6.45, 7) is 6.65. The monoisotopic (exact) mass is 342 g/mol. The molecule has 1 N–H and O–H groups in total. The lowest BCUT2D eigenvalue weighted by Gasteiger charge is -2.29. The Labute approximate surface area is 128 Å². The number of rotatable bonds is 5. The predicted octanol–water partition coefficient (Wildman–Crippen LogP) is 2.08. The van der Waals surface area contributed by atoms with Crippen LogP contribution in [0.2, 0.25) is 0 Å². The fraction of sp³-hybridized carbons (Fsp3) is 0.714. The van der Waals surface area contributed by atoms with Gasteiger partial charge in [-0.3, -0.25) is 4.79 Å². The zero-order valence-corrected chi connectivity index (χ0v) is 13.8. The van der Waals surface area contributed by atoms with Crippen LogP contribution in [0.5, 0.6) is 0 Å². The molecule has 1 saturated heterocycles. The van der Waals surface area contributed by atoms with Crippen LogP contribution in [0.1, 0.15) is 26.2 Å². The molecule has 1 aromatic rings. The molecule has 0 bridgehead atoms. The summed E-state index contributed by atoms with van der Waals surface area (Å²) >= 11 is 3.33. The van der Waals surface area contributed by atoms with Gasteiger partial charge in [0.25, 0.3) is 5.56 Å². The van der Waals surface area contributed by atoms with Gasteiger partial charge in [-0.25, -0.2) is 4.68 Å².